The van der Waals surface area contributed by atoms with Crippen LogP contribution in [0.4, 0.5) is 5.13 Å². The minimum atomic E-state index is 0.822. The van der Waals surface area contributed by atoms with Crippen molar-refractivity contribution in [2.75, 3.05) is 31.1 Å². The van der Waals surface area contributed by atoms with E-state index in [0.29, 0.717) is 0 Å². The number of likely N-dealkylation sites (tertiary alicyclic amines) is 1. The highest BCUT2D eigenvalue weighted by Crippen LogP contribution is 2.35. The van der Waals surface area contributed by atoms with Crippen LogP contribution in [-0.2, 0) is 6.54 Å². The van der Waals surface area contributed by atoms with E-state index in [1.807, 2.05) is 6.20 Å². The molecule has 0 saturated carbocycles. The fourth-order valence-corrected chi connectivity index (χ4v) is 4.25. The second kappa shape index (κ2) is 5.19. The first-order valence-electron chi connectivity index (χ1n) is 7.29. The summed E-state index contributed by atoms with van der Waals surface area (Å²) >= 11 is 1.76. The number of benzene rings is 1. The van der Waals surface area contributed by atoms with Crippen molar-refractivity contribution in [3.63, 3.8) is 0 Å². The number of hydrogen-bond donors (Lipinski definition) is 0. The van der Waals surface area contributed by atoms with E-state index in [9.17, 15) is 0 Å². The van der Waals surface area contributed by atoms with Crippen LogP contribution in [0.2, 0.25) is 0 Å². The molecule has 4 heteroatoms. The van der Waals surface area contributed by atoms with E-state index in [1.54, 1.807) is 11.3 Å². The highest BCUT2D eigenvalue weighted by molar-refractivity contribution is 7.13. The molecule has 2 fully saturated rings. The molecule has 2 aliphatic rings. The molecule has 0 bridgehead atoms. The smallest absolute Gasteiger partial charge is 0.185 e. The van der Waals surface area contributed by atoms with Crippen molar-refractivity contribution in [3.05, 3.63) is 47.5 Å². The van der Waals surface area contributed by atoms with Crippen LogP contribution in [0, 0.1) is 11.8 Å². The maximum Gasteiger partial charge on any atom is 0.185 e. The Labute approximate surface area is 123 Å². The molecule has 2 aliphatic heterocycles. The Kier molecular flexibility index (Phi) is 3.20. The van der Waals surface area contributed by atoms with Gasteiger partial charge in [-0.25, -0.2) is 4.98 Å². The van der Waals surface area contributed by atoms with E-state index in [4.69, 9.17) is 0 Å². The van der Waals surface area contributed by atoms with Crippen LogP contribution in [0.3, 0.4) is 0 Å². The van der Waals surface area contributed by atoms with Crippen LogP contribution in [0.5, 0.6) is 0 Å². The number of aromatic nitrogens is 1. The quantitative estimate of drug-likeness (QED) is 0.864. The average molecular weight is 285 g/mol. The van der Waals surface area contributed by atoms with Gasteiger partial charge in [-0.05, 0) is 17.4 Å². The highest BCUT2D eigenvalue weighted by atomic mass is 32.1. The Morgan fingerprint density at radius 2 is 1.80 bits per heavy atom. The molecule has 3 nitrogen and oxygen atoms in total. The summed E-state index contributed by atoms with van der Waals surface area (Å²) < 4.78 is 0. The topological polar surface area (TPSA) is 19.4 Å². The number of thiazole rings is 1. The molecule has 1 aromatic heterocycles. The first-order chi connectivity index (χ1) is 9.88. The molecule has 4 rings (SSSR count). The summed E-state index contributed by atoms with van der Waals surface area (Å²) in [6, 6.07) is 10.8. The van der Waals surface area contributed by atoms with E-state index in [1.165, 1.54) is 36.9 Å². The van der Waals surface area contributed by atoms with Crippen LogP contribution in [0.1, 0.15) is 5.56 Å². The van der Waals surface area contributed by atoms with Crippen molar-refractivity contribution >= 4 is 16.5 Å². The molecule has 104 valence electrons. The summed E-state index contributed by atoms with van der Waals surface area (Å²) in [7, 11) is 0. The maximum absolute atomic E-state index is 4.44. The summed E-state index contributed by atoms with van der Waals surface area (Å²) in [6.45, 7) is 5.95. The van der Waals surface area contributed by atoms with E-state index in [-0.39, 0.29) is 0 Å². The fraction of sp³-hybridized carbons (Fsp3) is 0.438. The zero-order valence-electron chi connectivity index (χ0n) is 11.5. The molecule has 3 heterocycles. The Hall–Kier alpha value is -1.39. The monoisotopic (exact) mass is 285 g/mol. The van der Waals surface area contributed by atoms with Crippen molar-refractivity contribution in [1.29, 1.82) is 0 Å². The van der Waals surface area contributed by atoms with Gasteiger partial charge < -0.3 is 4.90 Å². The molecule has 0 N–H and O–H groups in total. The van der Waals surface area contributed by atoms with Gasteiger partial charge >= 0.3 is 0 Å². The van der Waals surface area contributed by atoms with Gasteiger partial charge in [-0.1, -0.05) is 30.3 Å². The molecular formula is C16H19N3S. The molecule has 20 heavy (non-hydrogen) atoms. The van der Waals surface area contributed by atoms with Gasteiger partial charge in [0.1, 0.15) is 0 Å². The largest absolute Gasteiger partial charge is 0.347 e. The molecule has 2 atom stereocenters. The number of anilines is 1. The normalized spacial score (nSPS) is 26.1. The third-order valence-corrected chi connectivity index (χ3v) is 5.33. The summed E-state index contributed by atoms with van der Waals surface area (Å²) in [5, 5.41) is 3.28. The van der Waals surface area contributed by atoms with Gasteiger partial charge in [-0.2, -0.15) is 0 Å². The van der Waals surface area contributed by atoms with E-state index in [2.05, 4.69) is 50.5 Å². The Morgan fingerprint density at radius 3 is 2.45 bits per heavy atom. The van der Waals surface area contributed by atoms with Gasteiger partial charge in [0.15, 0.2) is 5.13 Å². The van der Waals surface area contributed by atoms with Crippen LogP contribution in [-0.4, -0.2) is 36.1 Å². The Balaban J connectivity index is 1.37. The number of hydrogen-bond acceptors (Lipinski definition) is 4. The van der Waals surface area contributed by atoms with Crippen molar-refractivity contribution in [3.8, 4) is 0 Å². The second-order valence-electron chi connectivity index (χ2n) is 5.92. The fourth-order valence-electron chi connectivity index (χ4n) is 3.59. The summed E-state index contributed by atoms with van der Waals surface area (Å²) in [6.07, 6.45) is 1.91. The molecule has 0 aliphatic carbocycles. The summed E-state index contributed by atoms with van der Waals surface area (Å²) in [4.78, 5) is 9.53. The second-order valence-corrected chi connectivity index (χ2v) is 6.79. The molecule has 1 aromatic carbocycles. The maximum atomic E-state index is 4.44. The summed E-state index contributed by atoms with van der Waals surface area (Å²) in [5.41, 5.74) is 1.43. The molecule has 2 saturated heterocycles. The standard InChI is InChI=1S/C16H19N3S/c1-2-4-13(5-3-1)8-18-9-14-11-19(12-15(14)10-18)16-17-6-7-20-16/h1-7,14-15H,8-12H2. The molecule has 2 unspecified atom stereocenters. The lowest BCUT2D eigenvalue weighted by molar-refractivity contribution is 0.309. The number of fused-ring (bicyclic) bond motifs is 1. The lowest BCUT2D eigenvalue weighted by atomic mass is 10.0. The molecule has 0 radical (unpaired) electrons. The van der Waals surface area contributed by atoms with Crippen molar-refractivity contribution in [2.24, 2.45) is 11.8 Å². The van der Waals surface area contributed by atoms with E-state index in [0.717, 1.165) is 18.4 Å². The van der Waals surface area contributed by atoms with Crippen molar-refractivity contribution in [2.45, 2.75) is 6.54 Å². The van der Waals surface area contributed by atoms with Crippen LogP contribution in [0.25, 0.3) is 0 Å². The number of nitrogens with zero attached hydrogens (tertiary/aromatic N) is 3. The minimum absolute atomic E-state index is 0.822. The van der Waals surface area contributed by atoms with Gasteiger partial charge in [0.25, 0.3) is 0 Å². The van der Waals surface area contributed by atoms with Gasteiger partial charge in [0, 0.05) is 44.3 Å². The van der Waals surface area contributed by atoms with Gasteiger partial charge in [0.05, 0.1) is 0 Å². The zero-order valence-corrected chi connectivity index (χ0v) is 12.3. The van der Waals surface area contributed by atoms with E-state index >= 15 is 0 Å². The summed E-state index contributed by atoms with van der Waals surface area (Å²) in [5.74, 6) is 1.64. The van der Waals surface area contributed by atoms with Crippen molar-refractivity contribution in [1.82, 2.24) is 9.88 Å². The van der Waals surface area contributed by atoms with Gasteiger partial charge in [-0.3, -0.25) is 4.90 Å². The Morgan fingerprint density at radius 1 is 1.05 bits per heavy atom. The predicted molar refractivity (Wildman–Crippen MR) is 83.0 cm³/mol. The predicted octanol–water partition coefficient (Wildman–Crippen LogP) is 2.71. The van der Waals surface area contributed by atoms with Gasteiger partial charge in [0.2, 0.25) is 0 Å². The molecule has 0 spiro atoms. The van der Waals surface area contributed by atoms with Crippen LogP contribution in [0.15, 0.2) is 41.9 Å². The van der Waals surface area contributed by atoms with Crippen LogP contribution >= 0.6 is 11.3 Å². The SMILES string of the molecule is c1ccc(CN2CC3CN(c4nccs4)CC3C2)cc1. The van der Waals surface area contributed by atoms with Crippen LogP contribution < -0.4 is 4.90 Å². The number of rotatable bonds is 3. The third-order valence-electron chi connectivity index (χ3n) is 4.50. The molecular weight excluding hydrogens is 266 g/mol. The third kappa shape index (κ3) is 2.34. The lowest BCUT2D eigenvalue weighted by Gasteiger charge is -2.21. The van der Waals surface area contributed by atoms with Gasteiger partial charge in [-0.15, -0.1) is 11.3 Å². The molecule has 0 amide bonds. The lowest BCUT2D eigenvalue weighted by Crippen LogP contribution is -2.28. The first-order valence-corrected chi connectivity index (χ1v) is 8.17. The average Bonchev–Trinajstić information content (AvgIpc) is 3.13. The Bertz CT molecular complexity index is 540. The first kappa shape index (κ1) is 12.4. The van der Waals surface area contributed by atoms with E-state index < -0.39 is 0 Å². The zero-order chi connectivity index (χ0) is 13.4. The minimum Gasteiger partial charge on any atom is -0.347 e. The highest BCUT2D eigenvalue weighted by Gasteiger charge is 2.40. The van der Waals surface area contributed by atoms with Crippen molar-refractivity contribution < 1.29 is 0 Å². The molecule has 2 aromatic rings.